The lowest BCUT2D eigenvalue weighted by molar-refractivity contribution is -0.136. The second kappa shape index (κ2) is 7.34. The Morgan fingerprint density at radius 1 is 1.07 bits per heavy atom. The maximum absolute atomic E-state index is 12.9. The van der Waals surface area contributed by atoms with Gasteiger partial charge in [0, 0.05) is 37.1 Å². The van der Waals surface area contributed by atoms with Crippen LogP contribution in [0.15, 0.2) is 18.2 Å². The number of aromatic nitrogens is 3. The number of fused-ring (bicyclic) bond motifs is 1. The van der Waals surface area contributed by atoms with Gasteiger partial charge in [-0.25, -0.2) is 4.98 Å². The molecule has 3 amide bonds. The highest BCUT2D eigenvalue weighted by molar-refractivity contribution is 6.05. The first-order chi connectivity index (χ1) is 14.5. The van der Waals surface area contributed by atoms with Gasteiger partial charge in [0.1, 0.15) is 11.9 Å². The van der Waals surface area contributed by atoms with Crippen molar-refractivity contribution in [2.75, 3.05) is 0 Å². The Balaban J connectivity index is 1.40. The molecule has 1 atom stereocenters. The Labute approximate surface area is 174 Å². The van der Waals surface area contributed by atoms with Crippen molar-refractivity contribution in [2.24, 2.45) is 7.05 Å². The van der Waals surface area contributed by atoms with Crippen molar-refractivity contribution in [3.05, 3.63) is 35.2 Å². The lowest BCUT2D eigenvalue weighted by atomic mass is 9.89. The first-order valence-electron chi connectivity index (χ1n) is 10.7. The Morgan fingerprint density at radius 2 is 1.87 bits per heavy atom. The highest BCUT2D eigenvalue weighted by atomic mass is 16.2. The summed E-state index contributed by atoms with van der Waals surface area (Å²) >= 11 is 0. The maximum atomic E-state index is 12.9. The van der Waals surface area contributed by atoms with Gasteiger partial charge in [-0.1, -0.05) is 25.3 Å². The number of imide groups is 1. The molecule has 8 heteroatoms. The smallest absolute Gasteiger partial charge is 0.255 e. The molecule has 2 aromatic rings. The van der Waals surface area contributed by atoms with E-state index in [2.05, 4.69) is 10.4 Å². The molecule has 1 unspecified atom stereocenters. The molecule has 30 heavy (non-hydrogen) atoms. The van der Waals surface area contributed by atoms with Crippen molar-refractivity contribution in [1.29, 1.82) is 0 Å². The van der Waals surface area contributed by atoms with E-state index >= 15 is 0 Å². The lowest BCUT2D eigenvalue weighted by Crippen LogP contribution is -2.52. The van der Waals surface area contributed by atoms with Crippen molar-refractivity contribution < 1.29 is 14.4 Å². The van der Waals surface area contributed by atoms with Gasteiger partial charge in [-0.05, 0) is 37.0 Å². The largest absolute Gasteiger partial charge is 0.322 e. The summed E-state index contributed by atoms with van der Waals surface area (Å²) in [6.45, 7) is 0.358. The number of nitrogens with one attached hydrogen (secondary N) is 1. The van der Waals surface area contributed by atoms with Gasteiger partial charge in [-0.15, -0.1) is 0 Å². The van der Waals surface area contributed by atoms with Crippen LogP contribution >= 0.6 is 0 Å². The second-order valence-corrected chi connectivity index (χ2v) is 8.52. The van der Waals surface area contributed by atoms with E-state index in [9.17, 15) is 14.4 Å². The number of aryl methyl sites for hydroxylation is 1. The van der Waals surface area contributed by atoms with Crippen LogP contribution in [0.1, 0.15) is 72.6 Å². The highest BCUT2D eigenvalue weighted by Crippen LogP contribution is 2.34. The number of nitrogens with zero attached hydrogens (tertiary/aromatic N) is 4. The van der Waals surface area contributed by atoms with E-state index in [-0.39, 0.29) is 18.2 Å². The number of rotatable bonds is 3. The fourth-order valence-corrected chi connectivity index (χ4v) is 4.95. The van der Waals surface area contributed by atoms with Crippen LogP contribution in [0, 0.1) is 0 Å². The van der Waals surface area contributed by atoms with Crippen molar-refractivity contribution in [3.63, 3.8) is 0 Å². The summed E-state index contributed by atoms with van der Waals surface area (Å²) in [5.74, 6) is 1.33. The zero-order chi connectivity index (χ0) is 20.8. The fraction of sp³-hybridized carbons (Fsp3) is 0.500. The maximum Gasteiger partial charge on any atom is 0.255 e. The molecule has 3 aliphatic rings. The third kappa shape index (κ3) is 3.20. The zero-order valence-electron chi connectivity index (χ0n) is 17.1. The van der Waals surface area contributed by atoms with Gasteiger partial charge >= 0.3 is 0 Å². The minimum Gasteiger partial charge on any atom is -0.322 e. The topological polar surface area (TPSA) is 97.2 Å². The predicted octanol–water partition coefficient (Wildman–Crippen LogP) is 2.29. The summed E-state index contributed by atoms with van der Waals surface area (Å²) < 4.78 is 1.89. The standard InChI is InChI=1S/C22H25N5O3/c1-26-20(13-5-3-2-4-6-13)24-19(25-26)14-7-8-16-15(11-14)12-27(22(16)30)17-9-10-18(28)23-21(17)29/h7-8,11,13,17H,2-6,9-10,12H2,1H3,(H,23,28,29). The molecule has 1 saturated heterocycles. The average Bonchev–Trinajstić information content (AvgIpc) is 3.29. The van der Waals surface area contributed by atoms with Gasteiger partial charge in [-0.2, -0.15) is 5.10 Å². The molecule has 1 saturated carbocycles. The number of hydrogen-bond donors (Lipinski definition) is 1. The molecule has 8 nitrogen and oxygen atoms in total. The SMILES string of the molecule is Cn1nc(-c2ccc3c(c2)CN(C2CCC(=O)NC2=O)C3=O)nc1C1CCCCC1. The minimum absolute atomic E-state index is 0.164. The van der Waals surface area contributed by atoms with Gasteiger partial charge in [0.25, 0.3) is 5.91 Å². The molecule has 2 fully saturated rings. The Morgan fingerprint density at radius 3 is 2.63 bits per heavy atom. The molecule has 3 heterocycles. The normalized spacial score (nSPS) is 22.4. The van der Waals surface area contributed by atoms with Crippen LogP contribution < -0.4 is 5.32 Å². The number of carbonyl (C=O) groups excluding carboxylic acids is 3. The van der Waals surface area contributed by atoms with Crippen LogP contribution in [0.2, 0.25) is 0 Å². The summed E-state index contributed by atoms with van der Waals surface area (Å²) in [7, 11) is 1.95. The molecule has 1 aromatic carbocycles. The van der Waals surface area contributed by atoms with Gasteiger partial charge in [0.05, 0.1) is 0 Å². The molecule has 1 N–H and O–H groups in total. The van der Waals surface area contributed by atoms with Gasteiger partial charge in [-0.3, -0.25) is 24.4 Å². The van der Waals surface area contributed by atoms with Gasteiger partial charge in [0.15, 0.2) is 5.82 Å². The van der Waals surface area contributed by atoms with E-state index in [1.54, 1.807) is 11.0 Å². The molecular weight excluding hydrogens is 382 g/mol. The summed E-state index contributed by atoms with van der Waals surface area (Å²) in [6.07, 6.45) is 6.71. The average molecular weight is 407 g/mol. The molecule has 0 spiro atoms. The van der Waals surface area contributed by atoms with E-state index in [4.69, 9.17) is 4.98 Å². The molecule has 0 radical (unpaired) electrons. The van der Waals surface area contributed by atoms with Gasteiger partial charge < -0.3 is 4.90 Å². The molecule has 5 rings (SSSR count). The van der Waals surface area contributed by atoms with Crippen LogP contribution in [-0.2, 0) is 23.2 Å². The van der Waals surface area contributed by atoms with Crippen LogP contribution in [-0.4, -0.2) is 43.4 Å². The summed E-state index contributed by atoms with van der Waals surface area (Å²) in [5, 5.41) is 6.97. The van der Waals surface area contributed by atoms with E-state index in [1.807, 2.05) is 23.9 Å². The monoisotopic (exact) mass is 407 g/mol. The lowest BCUT2D eigenvalue weighted by Gasteiger charge is -2.29. The Kier molecular flexibility index (Phi) is 4.64. The van der Waals surface area contributed by atoms with Gasteiger partial charge in [0.2, 0.25) is 11.8 Å². The van der Waals surface area contributed by atoms with E-state index in [0.29, 0.717) is 30.3 Å². The number of amides is 3. The second-order valence-electron chi connectivity index (χ2n) is 8.52. The third-order valence-electron chi connectivity index (χ3n) is 6.55. The van der Waals surface area contributed by atoms with E-state index < -0.39 is 11.9 Å². The summed E-state index contributed by atoms with van der Waals surface area (Å²) in [6, 6.07) is 5.04. The van der Waals surface area contributed by atoms with E-state index in [1.165, 1.54) is 19.3 Å². The van der Waals surface area contributed by atoms with Crippen molar-refractivity contribution >= 4 is 17.7 Å². The van der Waals surface area contributed by atoms with E-state index in [0.717, 1.165) is 29.8 Å². The number of carbonyl (C=O) groups is 3. The van der Waals surface area contributed by atoms with Crippen LogP contribution in [0.5, 0.6) is 0 Å². The van der Waals surface area contributed by atoms with Crippen LogP contribution in [0.4, 0.5) is 0 Å². The summed E-state index contributed by atoms with van der Waals surface area (Å²) in [5.41, 5.74) is 2.35. The number of hydrogen-bond acceptors (Lipinski definition) is 5. The van der Waals surface area contributed by atoms with Crippen molar-refractivity contribution in [1.82, 2.24) is 25.0 Å². The first-order valence-corrected chi connectivity index (χ1v) is 10.7. The van der Waals surface area contributed by atoms with Crippen molar-refractivity contribution in [2.45, 2.75) is 63.5 Å². The third-order valence-corrected chi connectivity index (χ3v) is 6.55. The van der Waals surface area contributed by atoms with Crippen LogP contribution in [0.25, 0.3) is 11.4 Å². The first kappa shape index (κ1) is 19.0. The van der Waals surface area contributed by atoms with Crippen LogP contribution in [0.3, 0.4) is 0 Å². The Bertz CT molecular complexity index is 1040. The number of benzene rings is 1. The quantitative estimate of drug-likeness (QED) is 0.788. The molecule has 0 bridgehead atoms. The summed E-state index contributed by atoms with van der Waals surface area (Å²) in [4.78, 5) is 42.9. The molecular formula is C22H25N5O3. The highest BCUT2D eigenvalue weighted by Gasteiger charge is 2.39. The predicted molar refractivity (Wildman–Crippen MR) is 108 cm³/mol. The fourth-order valence-electron chi connectivity index (χ4n) is 4.95. The van der Waals surface area contributed by atoms with Crippen molar-refractivity contribution in [3.8, 4) is 11.4 Å². The molecule has 156 valence electrons. The molecule has 2 aliphatic heterocycles. The Hall–Kier alpha value is -3.03. The minimum atomic E-state index is -0.600. The molecule has 1 aliphatic carbocycles. The molecule has 1 aromatic heterocycles. The zero-order valence-corrected chi connectivity index (χ0v) is 17.1. The number of piperidine rings is 1.